The fourth-order valence-electron chi connectivity index (χ4n) is 7.22. The van der Waals surface area contributed by atoms with Crippen LogP contribution in [-0.2, 0) is 5.66 Å². The number of ether oxygens (including phenoxy) is 2. The molecule has 0 spiro atoms. The summed E-state index contributed by atoms with van der Waals surface area (Å²) in [6.07, 6.45) is 9.64. The first kappa shape index (κ1) is 25.7. The van der Waals surface area contributed by atoms with Crippen molar-refractivity contribution >= 4 is 21.8 Å². The predicted molar refractivity (Wildman–Crippen MR) is 160 cm³/mol. The van der Waals surface area contributed by atoms with Crippen molar-refractivity contribution in [2.24, 2.45) is 0 Å². The van der Waals surface area contributed by atoms with Gasteiger partial charge in [0.05, 0.1) is 16.7 Å². The SMILES string of the molecule is Cc1ccc2c3c(ccc2n1)OCC(C(c1ccc2ccccc2n1)(N1CCCCCC1)N1CCCCCC1)O3. The standard InChI is InChI=1S/C34H40N4O2/c1-25-14-16-27-29(35-25)17-18-30-33(27)40-32(24-39-30)34(37-20-8-2-3-9-21-37,38-22-10-4-5-11-23-38)31-19-15-26-12-6-7-13-28(26)36-31/h6-7,12-19,32H,2-5,8-11,20-24H2,1H3. The molecule has 0 radical (unpaired) electrons. The van der Waals surface area contributed by atoms with Gasteiger partial charge in [0.15, 0.2) is 23.3 Å². The van der Waals surface area contributed by atoms with Crippen LogP contribution in [0.25, 0.3) is 21.8 Å². The quantitative estimate of drug-likeness (QED) is 0.285. The lowest BCUT2D eigenvalue weighted by atomic mass is 9.91. The molecule has 2 saturated heterocycles. The van der Waals surface area contributed by atoms with E-state index in [0.29, 0.717) is 6.61 Å². The molecule has 2 aromatic heterocycles. The van der Waals surface area contributed by atoms with Crippen LogP contribution in [0.3, 0.4) is 0 Å². The molecule has 7 rings (SSSR count). The lowest BCUT2D eigenvalue weighted by Gasteiger charge is -2.54. The van der Waals surface area contributed by atoms with Gasteiger partial charge in [-0.1, -0.05) is 49.9 Å². The fraction of sp³-hybridized carbons (Fsp3) is 0.471. The molecule has 0 aliphatic carbocycles. The van der Waals surface area contributed by atoms with Gasteiger partial charge >= 0.3 is 0 Å². The molecule has 3 aliphatic heterocycles. The van der Waals surface area contributed by atoms with Crippen LogP contribution < -0.4 is 9.47 Å². The van der Waals surface area contributed by atoms with E-state index in [2.05, 4.69) is 58.3 Å². The largest absolute Gasteiger partial charge is 0.486 e. The number of pyridine rings is 2. The molecule has 0 amide bonds. The summed E-state index contributed by atoms with van der Waals surface area (Å²) in [4.78, 5) is 15.7. The van der Waals surface area contributed by atoms with E-state index in [4.69, 9.17) is 19.4 Å². The van der Waals surface area contributed by atoms with Gasteiger partial charge in [-0.05, 0) is 69.0 Å². The van der Waals surface area contributed by atoms with E-state index < -0.39 is 5.66 Å². The zero-order valence-electron chi connectivity index (χ0n) is 23.6. The van der Waals surface area contributed by atoms with Crippen LogP contribution in [0.1, 0.15) is 62.8 Å². The highest BCUT2D eigenvalue weighted by Crippen LogP contribution is 2.46. The Morgan fingerprint density at radius 1 is 0.700 bits per heavy atom. The van der Waals surface area contributed by atoms with E-state index >= 15 is 0 Å². The lowest BCUT2D eigenvalue weighted by molar-refractivity contribution is -0.152. The van der Waals surface area contributed by atoms with Crippen molar-refractivity contribution in [3.63, 3.8) is 0 Å². The lowest BCUT2D eigenvalue weighted by Crippen LogP contribution is -2.68. The molecule has 3 aliphatic rings. The van der Waals surface area contributed by atoms with E-state index in [0.717, 1.165) is 65.5 Å². The summed E-state index contributed by atoms with van der Waals surface area (Å²) < 4.78 is 13.8. The summed E-state index contributed by atoms with van der Waals surface area (Å²) in [6.45, 7) is 6.66. The zero-order valence-corrected chi connectivity index (χ0v) is 23.6. The molecule has 208 valence electrons. The van der Waals surface area contributed by atoms with Gasteiger partial charge in [0, 0.05) is 42.6 Å². The number of aryl methyl sites for hydroxylation is 1. The van der Waals surface area contributed by atoms with Crippen LogP contribution in [0.2, 0.25) is 0 Å². The van der Waals surface area contributed by atoms with Crippen molar-refractivity contribution in [2.75, 3.05) is 32.8 Å². The normalized spacial score (nSPS) is 21.3. The molecule has 2 aromatic carbocycles. The van der Waals surface area contributed by atoms with E-state index in [1.807, 2.05) is 19.1 Å². The average molecular weight is 537 g/mol. The number of hydrogen-bond donors (Lipinski definition) is 0. The van der Waals surface area contributed by atoms with E-state index in [9.17, 15) is 0 Å². The van der Waals surface area contributed by atoms with Crippen molar-refractivity contribution < 1.29 is 9.47 Å². The predicted octanol–water partition coefficient (Wildman–Crippen LogP) is 6.84. The Balaban J connectivity index is 1.43. The third-order valence-electron chi connectivity index (χ3n) is 9.18. The van der Waals surface area contributed by atoms with Gasteiger partial charge in [-0.15, -0.1) is 0 Å². The van der Waals surface area contributed by atoms with Gasteiger partial charge in [-0.25, -0.2) is 4.98 Å². The second kappa shape index (κ2) is 11.0. The third kappa shape index (κ3) is 4.51. The van der Waals surface area contributed by atoms with Crippen molar-refractivity contribution in [1.29, 1.82) is 0 Å². The van der Waals surface area contributed by atoms with Crippen LogP contribution in [0.4, 0.5) is 0 Å². The summed E-state index contributed by atoms with van der Waals surface area (Å²) >= 11 is 0. The van der Waals surface area contributed by atoms with Crippen molar-refractivity contribution in [3.8, 4) is 11.5 Å². The molecule has 4 aromatic rings. The van der Waals surface area contributed by atoms with E-state index in [1.165, 1.54) is 56.8 Å². The first-order valence-corrected chi connectivity index (χ1v) is 15.3. The van der Waals surface area contributed by atoms with E-state index in [1.54, 1.807) is 0 Å². The van der Waals surface area contributed by atoms with Gasteiger partial charge in [0.2, 0.25) is 0 Å². The monoisotopic (exact) mass is 536 g/mol. The molecule has 6 heteroatoms. The van der Waals surface area contributed by atoms with Gasteiger partial charge in [-0.3, -0.25) is 14.8 Å². The Kier molecular flexibility index (Phi) is 7.06. The Morgan fingerprint density at radius 3 is 2.12 bits per heavy atom. The average Bonchev–Trinajstić information content (AvgIpc) is 3.44. The highest BCUT2D eigenvalue weighted by atomic mass is 16.6. The molecule has 0 N–H and O–H groups in total. The van der Waals surface area contributed by atoms with Crippen LogP contribution in [0, 0.1) is 6.92 Å². The summed E-state index contributed by atoms with van der Waals surface area (Å²) in [5.74, 6) is 1.62. The minimum atomic E-state index is -0.531. The minimum absolute atomic E-state index is 0.239. The third-order valence-corrected chi connectivity index (χ3v) is 9.18. The number of likely N-dealkylation sites (tertiary alicyclic amines) is 2. The Hall–Kier alpha value is -3.22. The number of aromatic nitrogens is 2. The first-order chi connectivity index (χ1) is 19.7. The number of para-hydroxylation sites is 1. The van der Waals surface area contributed by atoms with Crippen LogP contribution in [-0.4, -0.2) is 58.7 Å². The highest BCUT2D eigenvalue weighted by Gasteiger charge is 2.54. The Morgan fingerprint density at radius 2 is 1.40 bits per heavy atom. The maximum atomic E-state index is 7.22. The molecular weight excluding hydrogens is 496 g/mol. The summed E-state index contributed by atoms with van der Waals surface area (Å²) in [6, 6.07) is 21.3. The molecule has 2 fully saturated rings. The van der Waals surface area contributed by atoms with Crippen LogP contribution in [0.5, 0.6) is 11.5 Å². The fourth-order valence-corrected chi connectivity index (χ4v) is 7.22. The molecule has 5 heterocycles. The minimum Gasteiger partial charge on any atom is -0.486 e. The van der Waals surface area contributed by atoms with Gasteiger partial charge in [0.1, 0.15) is 6.61 Å². The second-order valence-corrected chi connectivity index (χ2v) is 11.7. The van der Waals surface area contributed by atoms with Crippen molar-refractivity contribution in [1.82, 2.24) is 19.8 Å². The molecule has 1 atom stereocenters. The number of benzene rings is 2. The zero-order chi connectivity index (χ0) is 26.9. The van der Waals surface area contributed by atoms with Gasteiger partial charge in [0.25, 0.3) is 0 Å². The highest BCUT2D eigenvalue weighted by molar-refractivity contribution is 5.88. The first-order valence-electron chi connectivity index (χ1n) is 15.3. The molecule has 6 nitrogen and oxygen atoms in total. The smallest absolute Gasteiger partial charge is 0.171 e. The molecule has 0 bridgehead atoms. The number of rotatable bonds is 4. The molecule has 0 saturated carbocycles. The number of hydrogen-bond acceptors (Lipinski definition) is 6. The second-order valence-electron chi connectivity index (χ2n) is 11.7. The topological polar surface area (TPSA) is 50.7 Å². The number of nitrogens with zero attached hydrogens (tertiary/aromatic N) is 4. The summed E-state index contributed by atoms with van der Waals surface area (Å²) in [7, 11) is 0. The Labute approximate surface area is 237 Å². The van der Waals surface area contributed by atoms with Crippen LogP contribution >= 0.6 is 0 Å². The summed E-state index contributed by atoms with van der Waals surface area (Å²) in [5.41, 5.74) is 3.54. The molecule has 40 heavy (non-hydrogen) atoms. The van der Waals surface area contributed by atoms with Gasteiger partial charge < -0.3 is 9.47 Å². The maximum absolute atomic E-state index is 7.22. The van der Waals surface area contributed by atoms with Crippen LogP contribution in [0.15, 0.2) is 60.7 Å². The molecule has 1 unspecified atom stereocenters. The number of fused-ring (bicyclic) bond motifs is 4. The van der Waals surface area contributed by atoms with E-state index in [-0.39, 0.29) is 6.10 Å². The Bertz CT molecular complexity index is 1470. The maximum Gasteiger partial charge on any atom is 0.171 e. The van der Waals surface area contributed by atoms with Crippen molar-refractivity contribution in [3.05, 3.63) is 72.1 Å². The molecular formula is C34H40N4O2. The van der Waals surface area contributed by atoms with Crippen molar-refractivity contribution in [2.45, 2.75) is 70.1 Å². The van der Waals surface area contributed by atoms with Gasteiger partial charge in [-0.2, -0.15) is 0 Å². The summed E-state index contributed by atoms with van der Waals surface area (Å²) in [5, 5.41) is 2.19.